The molecule has 3 aromatic rings. The third-order valence-electron chi connectivity index (χ3n) is 7.79. The van der Waals surface area contributed by atoms with Crippen molar-refractivity contribution in [2.24, 2.45) is 0 Å². The van der Waals surface area contributed by atoms with Crippen LogP contribution in [-0.2, 0) is 32.4 Å². The van der Waals surface area contributed by atoms with E-state index in [0.29, 0.717) is 13.0 Å². The number of Topliss-reactive ketones (excluding diaryl/α,β-unsaturated/α-hetero) is 1. The van der Waals surface area contributed by atoms with E-state index in [-0.39, 0.29) is 18.6 Å². The Kier molecular flexibility index (Phi) is 6.61. The molecule has 0 radical (unpaired) electrons. The third kappa shape index (κ3) is 4.72. The maximum absolute atomic E-state index is 13.4. The summed E-state index contributed by atoms with van der Waals surface area (Å²) in [6.07, 6.45) is 4.18. The van der Waals surface area contributed by atoms with Gasteiger partial charge in [-0.2, -0.15) is 0 Å². The molecule has 1 saturated heterocycles. The summed E-state index contributed by atoms with van der Waals surface area (Å²) < 4.78 is 31.5. The van der Waals surface area contributed by atoms with Crippen molar-refractivity contribution in [1.82, 2.24) is 4.31 Å². The fraction of sp³-hybridized carbons (Fsp3) is 0.367. The van der Waals surface area contributed by atoms with E-state index in [2.05, 4.69) is 12.1 Å². The van der Waals surface area contributed by atoms with Gasteiger partial charge in [0.1, 0.15) is 16.8 Å². The number of ketones is 1. The number of methoxy groups -OCH3 is 1. The topological polar surface area (TPSA) is 65.1 Å². The molecule has 192 valence electrons. The van der Waals surface area contributed by atoms with Gasteiger partial charge in [-0.15, -0.1) is 0 Å². The van der Waals surface area contributed by atoms with Crippen LogP contribution in [-0.4, -0.2) is 47.4 Å². The molecular weight excluding hydrogens is 486 g/mol. The largest absolute Gasteiger partial charge is 0.454 e. The fourth-order valence-electron chi connectivity index (χ4n) is 5.55. The molecule has 0 amide bonds. The van der Waals surface area contributed by atoms with Gasteiger partial charge in [-0.05, 0) is 72.2 Å². The van der Waals surface area contributed by atoms with Gasteiger partial charge < -0.3 is 14.2 Å². The average molecular weight is 518 g/mol. The van der Waals surface area contributed by atoms with Crippen LogP contribution in [0.1, 0.15) is 36.8 Å². The normalized spacial score (nSPS) is 20.6. The van der Waals surface area contributed by atoms with Crippen molar-refractivity contribution in [3.05, 3.63) is 77.9 Å². The number of rotatable bonds is 9. The monoisotopic (exact) mass is 517 g/mol. The number of carbonyl (C=O) groups is 1. The van der Waals surface area contributed by atoms with Crippen molar-refractivity contribution in [1.29, 1.82) is 0 Å². The molecule has 2 fully saturated rings. The molecule has 3 aliphatic rings. The van der Waals surface area contributed by atoms with Gasteiger partial charge in [0.2, 0.25) is 6.79 Å². The van der Waals surface area contributed by atoms with Crippen LogP contribution in [0.3, 0.4) is 0 Å². The Labute approximate surface area is 220 Å². The number of ether oxygens (including phenoxy) is 3. The van der Waals surface area contributed by atoms with Crippen molar-refractivity contribution in [3.63, 3.8) is 0 Å². The van der Waals surface area contributed by atoms with Crippen LogP contribution in [0.4, 0.5) is 0 Å². The molecule has 0 N–H and O–H groups in total. The summed E-state index contributed by atoms with van der Waals surface area (Å²) in [5.74, 6) is 1.71. The highest BCUT2D eigenvalue weighted by Crippen LogP contribution is 2.51. The molecule has 6 rings (SSSR count). The van der Waals surface area contributed by atoms with Gasteiger partial charge in [-0.3, -0.25) is 4.79 Å². The number of hydrogen-bond acceptors (Lipinski definition) is 5. The zero-order valence-corrected chi connectivity index (χ0v) is 21.8. The smallest absolute Gasteiger partial charge is 0.231 e. The highest BCUT2D eigenvalue weighted by molar-refractivity contribution is 7.82. The zero-order chi connectivity index (χ0) is 25.4. The maximum atomic E-state index is 13.4. The Morgan fingerprint density at radius 3 is 2.62 bits per heavy atom. The Bertz CT molecular complexity index is 1330. The zero-order valence-electron chi connectivity index (χ0n) is 21.0. The fourth-order valence-corrected chi connectivity index (χ4v) is 6.92. The molecular formula is C30H31NO5S. The van der Waals surface area contributed by atoms with Crippen molar-refractivity contribution in [2.45, 2.75) is 48.5 Å². The first-order valence-electron chi connectivity index (χ1n) is 12.9. The average Bonchev–Trinajstić information content (AvgIpc) is 3.38. The van der Waals surface area contributed by atoms with Gasteiger partial charge in [0.05, 0.1) is 16.9 Å². The van der Waals surface area contributed by atoms with Crippen LogP contribution in [0.2, 0.25) is 0 Å². The van der Waals surface area contributed by atoms with Crippen molar-refractivity contribution in [3.8, 4) is 22.6 Å². The van der Waals surface area contributed by atoms with E-state index in [1.54, 1.807) is 7.11 Å². The van der Waals surface area contributed by atoms with E-state index in [4.69, 9.17) is 14.2 Å². The summed E-state index contributed by atoms with van der Waals surface area (Å²) in [5, 5.41) is 0. The van der Waals surface area contributed by atoms with E-state index in [9.17, 15) is 9.00 Å². The van der Waals surface area contributed by atoms with E-state index in [0.717, 1.165) is 70.9 Å². The van der Waals surface area contributed by atoms with E-state index in [1.807, 2.05) is 58.9 Å². The second kappa shape index (κ2) is 10.0. The first kappa shape index (κ1) is 24.3. The highest BCUT2D eigenvalue weighted by atomic mass is 32.2. The van der Waals surface area contributed by atoms with Gasteiger partial charge in [-0.1, -0.05) is 42.5 Å². The van der Waals surface area contributed by atoms with Gasteiger partial charge in [0.15, 0.2) is 11.5 Å². The number of fused-ring (bicyclic) bond motifs is 1. The maximum Gasteiger partial charge on any atom is 0.231 e. The molecule has 2 aliphatic heterocycles. The lowest BCUT2D eigenvalue weighted by molar-refractivity contribution is -0.120. The third-order valence-corrected chi connectivity index (χ3v) is 9.37. The number of benzene rings is 3. The molecule has 1 unspecified atom stereocenters. The van der Waals surface area contributed by atoms with Crippen LogP contribution in [0, 0.1) is 0 Å². The molecule has 2 atom stereocenters. The molecule has 1 saturated carbocycles. The predicted molar refractivity (Wildman–Crippen MR) is 142 cm³/mol. The molecule has 3 aromatic carbocycles. The quantitative estimate of drug-likeness (QED) is 0.397. The Morgan fingerprint density at radius 2 is 1.84 bits per heavy atom. The van der Waals surface area contributed by atoms with Crippen LogP contribution >= 0.6 is 0 Å². The van der Waals surface area contributed by atoms with Crippen molar-refractivity contribution in [2.75, 3.05) is 27.1 Å². The standard InChI is InChI=1S/C30H31NO5S/c1-34-19-25-6-3-15-31(25)37(33)26-10-7-22(8-11-26)23-5-2-4-21(16-23)17-29(32)30(13-14-30)24-9-12-27-28(18-24)36-20-35-27/h2,4-5,7-12,16,18,25H,3,6,13-15,17,19-20H2,1H3/t25-,37?/m1/s1. The lowest BCUT2D eigenvalue weighted by Crippen LogP contribution is -2.34. The van der Waals surface area contributed by atoms with Gasteiger partial charge >= 0.3 is 0 Å². The van der Waals surface area contributed by atoms with E-state index >= 15 is 0 Å². The second-order valence-corrected chi connectivity index (χ2v) is 11.6. The van der Waals surface area contributed by atoms with Gasteiger partial charge in [-0.25, -0.2) is 8.51 Å². The molecule has 7 heteroatoms. The number of hydrogen-bond donors (Lipinski definition) is 0. The first-order chi connectivity index (χ1) is 18.1. The summed E-state index contributed by atoms with van der Waals surface area (Å²) in [5.41, 5.74) is 3.70. The second-order valence-electron chi connectivity index (χ2n) is 10.1. The minimum absolute atomic E-state index is 0.201. The van der Waals surface area contributed by atoms with Crippen molar-refractivity contribution < 1.29 is 23.2 Å². The van der Waals surface area contributed by atoms with E-state index in [1.165, 1.54) is 0 Å². The lowest BCUT2D eigenvalue weighted by Gasteiger charge is -2.22. The number of nitrogens with zero attached hydrogens (tertiary/aromatic N) is 1. The predicted octanol–water partition coefficient (Wildman–Crippen LogP) is 5.06. The molecule has 0 aromatic heterocycles. The van der Waals surface area contributed by atoms with E-state index < -0.39 is 16.4 Å². The SMILES string of the molecule is COC[C@H]1CCCN1S(=O)c1ccc(-c2cccc(CC(=O)C3(c4ccc5c(c4)OCO5)CC3)c2)cc1. The molecule has 0 bridgehead atoms. The van der Waals surface area contributed by atoms with Gasteiger partial charge in [0.25, 0.3) is 0 Å². The summed E-state index contributed by atoms with van der Waals surface area (Å²) >= 11 is 0. The summed E-state index contributed by atoms with van der Waals surface area (Å²) in [6, 6.07) is 22.2. The van der Waals surface area contributed by atoms with Crippen LogP contribution in [0.25, 0.3) is 11.1 Å². The Balaban J connectivity index is 1.16. The lowest BCUT2D eigenvalue weighted by atomic mass is 9.87. The number of carbonyl (C=O) groups excluding carboxylic acids is 1. The van der Waals surface area contributed by atoms with Crippen LogP contribution in [0.5, 0.6) is 11.5 Å². The molecule has 6 nitrogen and oxygen atoms in total. The highest BCUT2D eigenvalue weighted by Gasteiger charge is 2.50. The molecule has 2 heterocycles. The van der Waals surface area contributed by atoms with Gasteiger partial charge in [0, 0.05) is 26.1 Å². The molecule has 1 aliphatic carbocycles. The molecule has 37 heavy (non-hydrogen) atoms. The van der Waals surface area contributed by atoms with Crippen LogP contribution < -0.4 is 9.47 Å². The Morgan fingerprint density at radius 1 is 1.03 bits per heavy atom. The minimum Gasteiger partial charge on any atom is -0.454 e. The first-order valence-corrected chi connectivity index (χ1v) is 14.0. The summed E-state index contributed by atoms with van der Waals surface area (Å²) in [4.78, 5) is 14.2. The molecule has 0 spiro atoms. The minimum atomic E-state index is -1.20. The van der Waals surface area contributed by atoms with Crippen molar-refractivity contribution >= 4 is 16.8 Å². The van der Waals surface area contributed by atoms with Crippen LogP contribution in [0.15, 0.2) is 71.6 Å². The summed E-state index contributed by atoms with van der Waals surface area (Å²) in [6.45, 7) is 1.66. The summed E-state index contributed by atoms with van der Waals surface area (Å²) in [7, 11) is 0.495. The Hall–Kier alpha value is -3.00.